The molecule has 2 aromatic carbocycles. The molecule has 0 spiro atoms. The summed E-state index contributed by atoms with van der Waals surface area (Å²) >= 11 is 0. The van der Waals surface area contributed by atoms with Gasteiger partial charge in [0.05, 0.1) is 12.3 Å². The summed E-state index contributed by atoms with van der Waals surface area (Å²) in [6, 6.07) is 17.7. The summed E-state index contributed by atoms with van der Waals surface area (Å²) in [7, 11) is 0. The smallest absolute Gasteiger partial charge is 0.132 e. The van der Waals surface area contributed by atoms with E-state index in [-0.39, 0.29) is 5.82 Å². The van der Waals surface area contributed by atoms with Crippen LogP contribution in [0.4, 0.5) is 4.39 Å². The highest BCUT2D eigenvalue weighted by molar-refractivity contribution is 5.67. The third kappa shape index (κ3) is 9.41. The Morgan fingerprint density at radius 2 is 1.31 bits per heavy atom. The topological polar surface area (TPSA) is 22.1 Å². The minimum absolute atomic E-state index is 0.191. The molecule has 0 aliphatic rings. The number of aromatic nitrogens is 1. The molecule has 1 aromatic heterocycles. The molecule has 0 N–H and O–H groups in total. The van der Waals surface area contributed by atoms with Gasteiger partial charge in [0.15, 0.2) is 0 Å². The average Bonchev–Trinajstić information content (AvgIpc) is 2.91. The fourth-order valence-corrected chi connectivity index (χ4v) is 4.57. The molecule has 0 bridgehead atoms. The van der Waals surface area contributed by atoms with Gasteiger partial charge in [0.1, 0.15) is 11.6 Å². The van der Waals surface area contributed by atoms with E-state index in [9.17, 15) is 4.39 Å². The third-order valence-electron chi connectivity index (χ3n) is 6.85. The van der Waals surface area contributed by atoms with Crippen molar-refractivity contribution in [1.29, 1.82) is 0 Å². The number of aryl methyl sites for hydroxylation is 1. The molecule has 3 rings (SSSR count). The molecule has 194 valence electrons. The van der Waals surface area contributed by atoms with Gasteiger partial charge in [-0.15, -0.1) is 0 Å². The number of hydrogen-bond donors (Lipinski definition) is 0. The van der Waals surface area contributed by atoms with Crippen molar-refractivity contribution in [3.63, 3.8) is 0 Å². The monoisotopic (exact) mass is 489 g/mol. The molecule has 0 fully saturated rings. The molecule has 3 aromatic rings. The van der Waals surface area contributed by atoms with Crippen LogP contribution >= 0.6 is 0 Å². The van der Waals surface area contributed by atoms with Crippen molar-refractivity contribution in [2.75, 3.05) is 6.61 Å². The maximum absolute atomic E-state index is 14.8. The standard InChI is InChI=1S/C33H44FNO/c1-3-5-7-9-10-12-14-24-36-30-20-17-28(18-21-30)29-19-23-33(35-26-29)31-22-16-27(25-32(31)34)15-13-11-8-6-4-2/h16-23,25-26H,3-15,24H2,1-2H3. The summed E-state index contributed by atoms with van der Waals surface area (Å²) in [6.07, 6.45) is 17.9. The fraction of sp³-hybridized carbons (Fsp3) is 0.485. The van der Waals surface area contributed by atoms with Gasteiger partial charge in [-0.3, -0.25) is 4.98 Å². The van der Waals surface area contributed by atoms with Gasteiger partial charge < -0.3 is 4.74 Å². The summed E-state index contributed by atoms with van der Waals surface area (Å²) in [5, 5.41) is 0. The van der Waals surface area contributed by atoms with Crippen molar-refractivity contribution in [3.05, 3.63) is 72.2 Å². The SMILES string of the molecule is CCCCCCCCCOc1ccc(-c2ccc(-c3ccc(CCCCCCC)cc3F)nc2)cc1. The van der Waals surface area contributed by atoms with E-state index in [1.54, 1.807) is 6.07 Å². The van der Waals surface area contributed by atoms with Crippen molar-refractivity contribution in [2.24, 2.45) is 0 Å². The highest BCUT2D eigenvalue weighted by Gasteiger charge is 2.09. The van der Waals surface area contributed by atoms with E-state index in [4.69, 9.17) is 4.74 Å². The molecule has 0 unspecified atom stereocenters. The molecule has 3 heteroatoms. The Hall–Kier alpha value is -2.68. The molecule has 0 radical (unpaired) electrons. The number of rotatable bonds is 17. The van der Waals surface area contributed by atoms with E-state index in [1.165, 1.54) is 64.2 Å². The highest BCUT2D eigenvalue weighted by Crippen LogP contribution is 2.27. The van der Waals surface area contributed by atoms with Crippen LogP contribution in [0, 0.1) is 5.82 Å². The summed E-state index contributed by atoms with van der Waals surface area (Å²) < 4.78 is 20.7. The van der Waals surface area contributed by atoms with Crippen LogP contribution in [-0.2, 0) is 6.42 Å². The molecule has 0 atom stereocenters. The van der Waals surface area contributed by atoms with Crippen molar-refractivity contribution >= 4 is 0 Å². The van der Waals surface area contributed by atoms with Crippen LogP contribution in [0.25, 0.3) is 22.4 Å². The van der Waals surface area contributed by atoms with E-state index in [0.29, 0.717) is 11.3 Å². The lowest BCUT2D eigenvalue weighted by Crippen LogP contribution is -1.97. The lowest BCUT2D eigenvalue weighted by atomic mass is 10.0. The molecular weight excluding hydrogens is 445 g/mol. The van der Waals surface area contributed by atoms with Crippen LogP contribution in [0.15, 0.2) is 60.8 Å². The van der Waals surface area contributed by atoms with Crippen molar-refractivity contribution in [1.82, 2.24) is 4.98 Å². The number of benzene rings is 2. The van der Waals surface area contributed by atoms with E-state index in [1.807, 2.05) is 42.6 Å². The van der Waals surface area contributed by atoms with Gasteiger partial charge >= 0.3 is 0 Å². The van der Waals surface area contributed by atoms with Crippen molar-refractivity contribution < 1.29 is 9.13 Å². The third-order valence-corrected chi connectivity index (χ3v) is 6.85. The lowest BCUT2D eigenvalue weighted by molar-refractivity contribution is 0.304. The molecule has 36 heavy (non-hydrogen) atoms. The van der Waals surface area contributed by atoms with Gasteiger partial charge in [-0.2, -0.15) is 0 Å². The molecule has 0 aliphatic carbocycles. The maximum Gasteiger partial charge on any atom is 0.132 e. The van der Waals surface area contributed by atoms with Gasteiger partial charge in [0.2, 0.25) is 0 Å². The predicted molar refractivity (Wildman–Crippen MR) is 151 cm³/mol. The summed E-state index contributed by atoms with van der Waals surface area (Å²) in [4.78, 5) is 4.56. The van der Waals surface area contributed by atoms with Gasteiger partial charge in [-0.05, 0) is 60.7 Å². The Labute approximate surface area is 218 Å². The fourth-order valence-electron chi connectivity index (χ4n) is 4.57. The minimum Gasteiger partial charge on any atom is -0.494 e. The number of nitrogens with zero attached hydrogens (tertiary/aromatic N) is 1. The Kier molecular flexibility index (Phi) is 12.5. The summed E-state index contributed by atoms with van der Waals surface area (Å²) in [5.74, 6) is 0.714. The van der Waals surface area contributed by atoms with Gasteiger partial charge in [0, 0.05) is 17.3 Å². The lowest BCUT2D eigenvalue weighted by Gasteiger charge is -2.09. The first kappa shape index (κ1) is 27.9. The van der Waals surface area contributed by atoms with Crippen LogP contribution in [0.2, 0.25) is 0 Å². The molecular formula is C33H44FNO. The van der Waals surface area contributed by atoms with Gasteiger partial charge in [0.25, 0.3) is 0 Å². The predicted octanol–water partition coefficient (Wildman–Crippen LogP) is 10.2. The van der Waals surface area contributed by atoms with Crippen LogP contribution < -0.4 is 4.74 Å². The first-order valence-electron chi connectivity index (χ1n) is 14.2. The van der Waals surface area contributed by atoms with Crippen molar-refractivity contribution in [2.45, 2.75) is 97.3 Å². The molecule has 0 aliphatic heterocycles. The number of hydrogen-bond acceptors (Lipinski definition) is 2. The zero-order valence-electron chi connectivity index (χ0n) is 22.4. The average molecular weight is 490 g/mol. The Morgan fingerprint density at radius 3 is 1.94 bits per heavy atom. The molecule has 0 saturated heterocycles. The number of ether oxygens (including phenoxy) is 1. The van der Waals surface area contributed by atoms with E-state index in [2.05, 4.69) is 31.0 Å². The zero-order valence-corrected chi connectivity index (χ0v) is 22.4. The second kappa shape index (κ2) is 16.1. The quantitative estimate of drug-likeness (QED) is 0.176. The number of pyridine rings is 1. The van der Waals surface area contributed by atoms with E-state index < -0.39 is 0 Å². The van der Waals surface area contributed by atoms with E-state index in [0.717, 1.165) is 48.3 Å². The normalized spacial score (nSPS) is 11.1. The zero-order chi connectivity index (χ0) is 25.4. The Bertz CT molecular complexity index is 997. The molecule has 2 nitrogen and oxygen atoms in total. The number of halogens is 1. The van der Waals surface area contributed by atoms with Gasteiger partial charge in [-0.25, -0.2) is 4.39 Å². The molecule has 0 amide bonds. The second-order valence-electron chi connectivity index (χ2n) is 9.90. The molecule has 0 saturated carbocycles. The van der Waals surface area contributed by atoms with Crippen LogP contribution in [0.3, 0.4) is 0 Å². The summed E-state index contributed by atoms with van der Waals surface area (Å²) in [5.41, 5.74) is 4.39. The first-order valence-corrected chi connectivity index (χ1v) is 14.2. The second-order valence-corrected chi connectivity index (χ2v) is 9.90. The summed E-state index contributed by atoms with van der Waals surface area (Å²) in [6.45, 7) is 5.24. The van der Waals surface area contributed by atoms with E-state index >= 15 is 0 Å². The number of unbranched alkanes of at least 4 members (excludes halogenated alkanes) is 10. The van der Waals surface area contributed by atoms with Crippen LogP contribution in [0.1, 0.15) is 96.5 Å². The Morgan fingerprint density at radius 1 is 0.667 bits per heavy atom. The highest BCUT2D eigenvalue weighted by atomic mass is 19.1. The largest absolute Gasteiger partial charge is 0.494 e. The molecule has 1 heterocycles. The Balaban J connectivity index is 1.47. The van der Waals surface area contributed by atoms with Gasteiger partial charge in [-0.1, -0.05) is 102 Å². The van der Waals surface area contributed by atoms with Crippen LogP contribution in [-0.4, -0.2) is 11.6 Å². The minimum atomic E-state index is -0.191. The van der Waals surface area contributed by atoms with Crippen LogP contribution in [0.5, 0.6) is 5.75 Å². The van der Waals surface area contributed by atoms with Crippen molar-refractivity contribution in [3.8, 4) is 28.1 Å². The maximum atomic E-state index is 14.8. The first-order chi connectivity index (χ1) is 17.7.